The number of hydrogen-bond donors (Lipinski definition) is 0. The highest BCUT2D eigenvalue weighted by Gasteiger charge is 2.33. The molecule has 2 aromatic carbocycles. The molecule has 0 saturated heterocycles. The Balaban J connectivity index is 2.76. The van der Waals surface area contributed by atoms with Crippen LogP contribution < -0.4 is 3.33 Å². The normalized spacial score (nSPS) is 12.9. The Labute approximate surface area is 160 Å². The van der Waals surface area contributed by atoms with Gasteiger partial charge >= 0.3 is 0 Å². The van der Waals surface area contributed by atoms with Crippen LogP contribution in [-0.4, -0.2) is 8.42 Å². The van der Waals surface area contributed by atoms with Crippen LogP contribution in [0.2, 0.25) is 0 Å². The Morgan fingerprint density at radius 3 is 1.60 bits per heavy atom. The minimum Gasteiger partial charge on any atom is -0.200 e. The number of para-hydroxylation sites is 1. The predicted octanol–water partition coefficient (Wildman–Crippen LogP) is 5.79. The van der Waals surface area contributed by atoms with Crippen molar-refractivity contribution in [1.82, 2.24) is 0 Å². The minimum absolute atomic E-state index is 0.200. The van der Waals surface area contributed by atoms with Gasteiger partial charge in [-0.3, -0.25) is 0 Å². The van der Waals surface area contributed by atoms with E-state index in [0.717, 1.165) is 11.1 Å². The van der Waals surface area contributed by atoms with E-state index in [9.17, 15) is 8.42 Å². The van der Waals surface area contributed by atoms with Gasteiger partial charge in [-0.25, -0.2) is 8.42 Å². The van der Waals surface area contributed by atoms with Crippen LogP contribution >= 0.6 is 16.1 Å². The summed E-state index contributed by atoms with van der Waals surface area (Å²) >= 11 is 3.38. The van der Waals surface area contributed by atoms with E-state index in [1.165, 1.54) is 3.33 Å². The van der Waals surface area contributed by atoms with Crippen molar-refractivity contribution in [3.8, 4) is 0 Å². The first kappa shape index (κ1) is 20.0. The van der Waals surface area contributed by atoms with E-state index in [1.807, 2.05) is 18.2 Å². The molecule has 0 spiro atoms. The minimum atomic E-state index is -3.71. The molecule has 5 heteroatoms. The van der Waals surface area contributed by atoms with E-state index in [1.54, 1.807) is 30.3 Å². The van der Waals surface area contributed by atoms with Crippen LogP contribution in [0.3, 0.4) is 0 Å². The summed E-state index contributed by atoms with van der Waals surface area (Å²) in [6.07, 6.45) is 0. The van der Waals surface area contributed by atoms with E-state index in [0.29, 0.717) is 5.69 Å². The summed E-state index contributed by atoms with van der Waals surface area (Å²) in [5.41, 5.74) is 2.27. The Bertz CT molecular complexity index is 815. The lowest BCUT2D eigenvalue weighted by Crippen LogP contribution is -2.28. The third-order valence-corrected chi connectivity index (χ3v) is 7.05. The highest BCUT2D eigenvalue weighted by Crippen LogP contribution is 2.43. The highest BCUT2D eigenvalue weighted by molar-refractivity contribution is 9.11. The monoisotopic (exact) mass is 423 g/mol. The van der Waals surface area contributed by atoms with Gasteiger partial charge in [0.1, 0.15) is 0 Å². The first-order valence-electron chi connectivity index (χ1n) is 8.27. The molecule has 0 radical (unpaired) electrons. The zero-order valence-corrected chi connectivity index (χ0v) is 18.1. The van der Waals surface area contributed by atoms with Crippen molar-refractivity contribution in [3.05, 3.63) is 59.7 Å². The van der Waals surface area contributed by atoms with E-state index < -0.39 is 10.0 Å². The lowest BCUT2D eigenvalue weighted by Gasteiger charge is -2.33. The summed E-state index contributed by atoms with van der Waals surface area (Å²) in [6, 6.07) is 14.5. The fourth-order valence-electron chi connectivity index (χ4n) is 2.75. The van der Waals surface area contributed by atoms with E-state index >= 15 is 0 Å². The molecule has 0 fully saturated rings. The molecule has 25 heavy (non-hydrogen) atoms. The standard InChI is InChI=1S/C20H26BrNO2S/c1-19(2,3)16-13-10-14-17(20(4,5)6)18(16)22(21)25(23,24)15-11-8-7-9-12-15/h7-14H,1-6H3. The third-order valence-electron chi connectivity index (χ3n) is 4.08. The van der Waals surface area contributed by atoms with Gasteiger partial charge < -0.3 is 0 Å². The van der Waals surface area contributed by atoms with Crippen LogP contribution in [0, 0.1) is 0 Å². The molecule has 2 rings (SSSR count). The summed E-state index contributed by atoms with van der Waals surface area (Å²) in [6.45, 7) is 12.5. The van der Waals surface area contributed by atoms with Crippen molar-refractivity contribution in [1.29, 1.82) is 0 Å². The number of benzene rings is 2. The van der Waals surface area contributed by atoms with E-state index in [2.05, 4.69) is 57.7 Å². The molecule has 3 nitrogen and oxygen atoms in total. The van der Waals surface area contributed by atoms with Gasteiger partial charge in [-0.15, -0.1) is 0 Å². The largest absolute Gasteiger partial charge is 0.273 e. The topological polar surface area (TPSA) is 37.4 Å². The smallest absolute Gasteiger partial charge is 0.200 e. The quantitative estimate of drug-likeness (QED) is 0.585. The molecule has 0 atom stereocenters. The van der Waals surface area contributed by atoms with Crippen molar-refractivity contribution >= 4 is 31.9 Å². The number of rotatable bonds is 3. The predicted molar refractivity (Wildman–Crippen MR) is 109 cm³/mol. The maximum Gasteiger partial charge on any atom is 0.273 e. The van der Waals surface area contributed by atoms with Crippen molar-refractivity contribution in [2.75, 3.05) is 3.33 Å². The van der Waals surface area contributed by atoms with Crippen molar-refractivity contribution in [3.63, 3.8) is 0 Å². The second-order valence-electron chi connectivity index (χ2n) is 8.23. The molecule has 0 saturated carbocycles. The second kappa shape index (κ2) is 6.76. The Hall–Kier alpha value is -1.33. The zero-order valence-electron chi connectivity index (χ0n) is 15.7. The second-order valence-corrected chi connectivity index (χ2v) is 11.2. The molecule has 2 aromatic rings. The van der Waals surface area contributed by atoms with Gasteiger partial charge in [0.2, 0.25) is 0 Å². The molecule has 0 unspecified atom stereocenters. The average Bonchev–Trinajstić information content (AvgIpc) is 2.52. The first-order chi connectivity index (χ1) is 11.4. The van der Waals surface area contributed by atoms with Crippen LogP contribution in [-0.2, 0) is 20.9 Å². The molecule has 0 bridgehead atoms. The van der Waals surface area contributed by atoms with E-state index in [-0.39, 0.29) is 15.7 Å². The number of hydrogen-bond acceptors (Lipinski definition) is 2. The number of sulfonamides is 1. The van der Waals surface area contributed by atoms with Crippen molar-refractivity contribution < 1.29 is 8.42 Å². The summed E-state index contributed by atoms with van der Waals surface area (Å²) in [7, 11) is -3.71. The van der Waals surface area contributed by atoms with Crippen LogP contribution in [0.1, 0.15) is 52.7 Å². The Morgan fingerprint density at radius 1 is 0.760 bits per heavy atom. The van der Waals surface area contributed by atoms with Crippen LogP contribution in [0.5, 0.6) is 0 Å². The molecule has 0 heterocycles. The van der Waals surface area contributed by atoms with Gasteiger partial charge in [0, 0.05) is 0 Å². The lowest BCUT2D eigenvalue weighted by atomic mass is 9.79. The molecule has 0 N–H and O–H groups in total. The fourth-order valence-corrected chi connectivity index (χ4v) is 4.76. The van der Waals surface area contributed by atoms with Gasteiger partial charge in [-0.05, 0) is 34.1 Å². The Kier molecular flexibility index (Phi) is 5.41. The molecule has 136 valence electrons. The maximum atomic E-state index is 13.2. The summed E-state index contributed by atoms with van der Waals surface area (Å²) in [5, 5.41) is 0. The van der Waals surface area contributed by atoms with Crippen LogP contribution in [0.15, 0.2) is 53.4 Å². The number of halogens is 1. The molecule has 0 aliphatic rings. The van der Waals surface area contributed by atoms with Crippen LogP contribution in [0.4, 0.5) is 5.69 Å². The molecule has 0 aliphatic heterocycles. The average molecular weight is 424 g/mol. The molecule has 0 aliphatic carbocycles. The zero-order chi connectivity index (χ0) is 19.0. The SMILES string of the molecule is CC(C)(C)c1cccc(C(C)(C)C)c1N(Br)S(=O)(=O)c1ccccc1. The summed E-state index contributed by atoms with van der Waals surface area (Å²) in [5.74, 6) is 0. The van der Waals surface area contributed by atoms with E-state index in [4.69, 9.17) is 0 Å². The fraction of sp³-hybridized carbons (Fsp3) is 0.400. The van der Waals surface area contributed by atoms with Gasteiger partial charge in [0.25, 0.3) is 10.0 Å². The summed E-state index contributed by atoms with van der Waals surface area (Å²) < 4.78 is 27.6. The van der Waals surface area contributed by atoms with Gasteiger partial charge in [-0.1, -0.05) is 77.9 Å². The van der Waals surface area contributed by atoms with Gasteiger partial charge in [0.05, 0.1) is 26.7 Å². The first-order valence-corrected chi connectivity index (χ1v) is 10.4. The number of anilines is 1. The third kappa shape index (κ3) is 4.09. The van der Waals surface area contributed by atoms with Crippen LogP contribution in [0.25, 0.3) is 0 Å². The maximum absolute atomic E-state index is 13.2. The van der Waals surface area contributed by atoms with Crippen molar-refractivity contribution in [2.24, 2.45) is 0 Å². The van der Waals surface area contributed by atoms with Gasteiger partial charge in [-0.2, -0.15) is 3.33 Å². The molecular formula is C20H26BrNO2S. The highest BCUT2D eigenvalue weighted by atomic mass is 79.9. The molecular weight excluding hydrogens is 398 g/mol. The lowest BCUT2D eigenvalue weighted by molar-refractivity contribution is 0.569. The summed E-state index contributed by atoms with van der Waals surface area (Å²) in [4.78, 5) is 0.260. The molecule has 0 aromatic heterocycles. The van der Waals surface area contributed by atoms with Crippen molar-refractivity contribution in [2.45, 2.75) is 57.3 Å². The number of nitrogens with zero attached hydrogens (tertiary/aromatic N) is 1. The Morgan fingerprint density at radius 2 is 1.20 bits per heavy atom. The van der Waals surface area contributed by atoms with Gasteiger partial charge in [0.15, 0.2) is 0 Å². The molecule has 0 amide bonds.